The molecule has 1 aromatic heterocycles. The number of aromatic amines is 1. The van der Waals surface area contributed by atoms with Gasteiger partial charge in [0, 0.05) is 95.9 Å². The number of amides is 4. The Labute approximate surface area is 392 Å². The van der Waals surface area contributed by atoms with Crippen molar-refractivity contribution in [2.45, 2.75) is 76.2 Å². The summed E-state index contributed by atoms with van der Waals surface area (Å²) in [6.45, 7) is 9.44. The molecule has 5 heterocycles. The van der Waals surface area contributed by atoms with Crippen molar-refractivity contribution in [3.63, 3.8) is 0 Å². The zero-order chi connectivity index (χ0) is 46.3. The van der Waals surface area contributed by atoms with E-state index in [9.17, 15) is 24.0 Å². The number of rotatable bonds is 12. The Kier molecular flexibility index (Phi) is 15.0. The molecule has 9 rings (SSSR count). The highest BCUT2D eigenvalue weighted by atomic mass is 19.1. The molecule has 2 atom stereocenters. The minimum atomic E-state index is -0.600. The van der Waals surface area contributed by atoms with Gasteiger partial charge in [0.05, 0.1) is 23.2 Å². The number of nitrogens with one attached hydrogen (secondary N) is 3. The Morgan fingerprint density at radius 2 is 1.46 bits per heavy atom. The van der Waals surface area contributed by atoms with Crippen molar-refractivity contribution in [1.82, 2.24) is 45.3 Å². The van der Waals surface area contributed by atoms with Crippen molar-refractivity contribution >= 4 is 34.4 Å². The molecule has 14 nitrogen and oxygen atoms in total. The van der Waals surface area contributed by atoms with Gasteiger partial charge in [-0.1, -0.05) is 55.7 Å². The molecule has 0 bridgehead atoms. The molecule has 3 aromatic carbocycles. The number of halogens is 1. The van der Waals surface area contributed by atoms with Crippen LogP contribution in [0.4, 0.5) is 4.39 Å². The molecule has 4 saturated heterocycles. The molecule has 4 amide bonds. The number of piperidine rings is 2. The minimum Gasteiger partial charge on any atom is -0.341 e. The largest absolute Gasteiger partial charge is 0.341 e. The van der Waals surface area contributed by atoms with Crippen LogP contribution in [0, 0.1) is 17.7 Å². The van der Waals surface area contributed by atoms with Crippen LogP contribution in [0.5, 0.6) is 0 Å². The van der Waals surface area contributed by atoms with Crippen LogP contribution >= 0.6 is 0 Å². The zero-order valence-electron chi connectivity index (χ0n) is 38.7. The molecule has 0 radical (unpaired) electrons. The molecule has 1 aliphatic carbocycles. The fourth-order valence-corrected chi connectivity index (χ4v) is 11.1. The second-order valence-corrected chi connectivity index (χ2v) is 19.6. The SMILES string of the molecule is O=C(NC(C(=O)N1CCC(CN2CCN(CC(=O)N3CCN(C(=O)c4cc(Cc5n[nH]c(=O)c6ccccc56)ccc4F)CC3)CC2)CC1)C1CCCCC1)c1cccc(C2CCCNC2)c1. The summed E-state index contributed by atoms with van der Waals surface area (Å²) in [6, 6.07) is 19.2. The van der Waals surface area contributed by atoms with Crippen molar-refractivity contribution in [3.05, 3.63) is 111 Å². The number of benzene rings is 3. The minimum absolute atomic E-state index is 0.0169. The first-order chi connectivity index (χ1) is 32.7. The van der Waals surface area contributed by atoms with Gasteiger partial charge in [0.15, 0.2) is 0 Å². The number of piperazine rings is 2. The van der Waals surface area contributed by atoms with E-state index >= 15 is 4.39 Å². The maximum Gasteiger partial charge on any atom is 0.272 e. The normalized spacial score (nSPS) is 21.0. The van der Waals surface area contributed by atoms with E-state index in [1.54, 1.807) is 29.2 Å². The predicted octanol–water partition coefficient (Wildman–Crippen LogP) is 4.64. The quantitative estimate of drug-likeness (QED) is 0.185. The Balaban J connectivity index is 0.705. The average Bonchev–Trinajstić information content (AvgIpc) is 3.38. The van der Waals surface area contributed by atoms with Gasteiger partial charge in [0.1, 0.15) is 11.9 Å². The first kappa shape index (κ1) is 46.6. The Bertz CT molecular complexity index is 2450. The Morgan fingerprint density at radius 3 is 2.21 bits per heavy atom. The summed E-state index contributed by atoms with van der Waals surface area (Å²) < 4.78 is 15.1. The van der Waals surface area contributed by atoms with E-state index in [0.717, 1.165) is 97.2 Å². The lowest BCUT2D eigenvalue weighted by atomic mass is 9.82. The molecule has 5 fully saturated rings. The summed E-state index contributed by atoms with van der Waals surface area (Å²) in [5, 5.41) is 14.7. The molecule has 1 saturated carbocycles. The van der Waals surface area contributed by atoms with E-state index in [0.29, 0.717) is 91.7 Å². The summed E-state index contributed by atoms with van der Waals surface area (Å²) in [5.74, 6) is 0.00994. The van der Waals surface area contributed by atoms with Crippen LogP contribution in [0.25, 0.3) is 10.8 Å². The number of aromatic nitrogens is 2. The van der Waals surface area contributed by atoms with Crippen LogP contribution in [0.2, 0.25) is 0 Å². The number of hydrogen-bond acceptors (Lipinski definition) is 9. The van der Waals surface area contributed by atoms with Crippen molar-refractivity contribution in [1.29, 1.82) is 0 Å². The standard InChI is InChI=1S/C52H66FN9O5/c53-45-16-15-37(31-46-42-13-4-5-14-43(42)50(65)57-56-46)30-44(45)51(66)62-28-26-60(27-29-62)47(63)35-59-24-22-58(23-25-59)34-36-17-20-61(21-18-36)52(67)48(38-8-2-1-3-9-38)55-49(64)40-11-6-10-39(32-40)41-12-7-19-54-33-41/h4-6,10-11,13-16,30,32,36,38,41,48,54H,1-3,7-9,12,17-29,31,33-35H2,(H,55,64)(H,57,65). The molecule has 356 valence electrons. The van der Waals surface area contributed by atoms with Crippen molar-refractivity contribution < 1.29 is 23.6 Å². The van der Waals surface area contributed by atoms with E-state index in [1.165, 1.54) is 18.1 Å². The monoisotopic (exact) mass is 916 g/mol. The number of fused-ring (bicyclic) bond motifs is 1. The van der Waals surface area contributed by atoms with Gasteiger partial charge in [-0.15, -0.1) is 0 Å². The Morgan fingerprint density at radius 1 is 0.731 bits per heavy atom. The van der Waals surface area contributed by atoms with Gasteiger partial charge in [0.25, 0.3) is 17.4 Å². The third-order valence-electron chi connectivity index (χ3n) is 15.2. The van der Waals surface area contributed by atoms with Gasteiger partial charge in [0.2, 0.25) is 11.8 Å². The third kappa shape index (κ3) is 11.3. The molecular weight excluding hydrogens is 850 g/mol. The topological polar surface area (TPSA) is 154 Å². The van der Waals surface area contributed by atoms with Gasteiger partial charge in [-0.25, -0.2) is 9.49 Å². The number of likely N-dealkylation sites (tertiary alicyclic amines) is 1. The fourth-order valence-electron chi connectivity index (χ4n) is 11.1. The first-order valence-corrected chi connectivity index (χ1v) is 24.8. The van der Waals surface area contributed by atoms with Crippen LogP contribution in [0.3, 0.4) is 0 Å². The van der Waals surface area contributed by atoms with E-state index in [1.807, 2.05) is 40.1 Å². The summed E-state index contributed by atoms with van der Waals surface area (Å²) in [5.41, 5.74) is 2.86. The molecule has 3 N–H and O–H groups in total. The highest BCUT2D eigenvalue weighted by Crippen LogP contribution is 2.30. The summed E-state index contributed by atoms with van der Waals surface area (Å²) in [6.07, 6.45) is 9.74. The van der Waals surface area contributed by atoms with E-state index in [4.69, 9.17) is 0 Å². The van der Waals surface area contributed by atoms with Crippen LogP contribution in [-0.4, -0.2) is 156 Å². The lowest BCUT2D eigenvalue weighted by Crippen LogP contribution is -2.55. The van der Waals surface area contributed by atoms with E-state index in [2.05, 4.69) is 36.7 Å². The molecular formula is C52H66FN9O5. The highest BCUT2D eigenvalue weighted by Gasteiger charge is 2.36. The van der Waals surface area contributed by atoms with Gasteiger partial charge in [-0.05, 0) is 104 Å². The summed E-state index contributed by atoms with van der Waals surface area (Å²) in [7, 11) is 0. The molecule has 4 aromatic rings. The molecule has 67 heavy (non-hydrogen) atoms. The van der Waals surface area contributed by atoms with Gasteiger partial charge < -0.3 is 30.2 Å². The maximum atomic E-state index is 15.1. The molecule has 0 spiro atoms. The van der Waals surface area contributed by atoms with E-state index in [-0.39, 0.29) is 34.8 Å². The predicted molar refractivity (Wildman–Crippen MR) is 255 cm³/mol. The lowest BCUT2D eigenvalue weighted by Gasteiger charge is -2.41. The molecule has 2 unspecified atom stereocenters. The maximum absolute atomic E-state index is 15.1. The second-order valence-electron chi connectivity index (χ2n) is 19.6. The first-order valence-electron chi connectivity index (χ1n) is 24.8. The van der Waals surface area contributed by atoms with Gasteiger partial charge in [-0.2, -0.15) is 5.10 Å². The summed E-state index contributed by atoms with van der Waals surface area (Å²) in [4.78, 5) is 77.4. The van der Waals surface area contributed by atoms with Crippen molar-refractivity contribution in [2.75, 3.05) is 91.6 Å². The van der Waals surface area contributed by atoms with Crippen molar-refractivity contribution in [2.24, 2.45) is 11.8 Å². The van der Waals surface area contributed by atoms with E-state index < -0.39 is 17.8 Å². The third-order valence-corrected chi connectivity index (χ3v) is 15.2. The lowest BCUT2D eigenvalue weighted by molar-refractivity contribution is -0.137. The molecule has 5 aliphatic rings. The number of nitrogens with zero attached hydrogens (tertiary/aromatic N) is 6. The average molecular weight is 916 g/mol. The van der Waals surface area contributed by atoms with Gasteiger partial charge in [-0.3, -0.25) is 28.9 Å². The number of carbonyl (C=O) groups excluding carboxylic acids is 4. The van der Waals surface area contributed by atoms with Gasteiger partial charge >= 0.3 is 0 Å². The number of hydrogen-bond donors (Lipinski definition) is 3. The number of carbonyl (C=O) groups is 4. The van der Waals surface area contributed by atoms with Crippen LogP contribution in [0.15, 0.2) is 71.5 Å². The highest BCUT2D eigenvalue weighted by molar-refractivity contribution is 5.98. The van der Waals surface area contributed by atoms with Crippen LogP contribution in [0.1, 0.15) is 101 Å². The Hall–Kier alpha value is -5.51. The summed E-state index contributed by atoms with van der Waals surface area (Å²) >= 11 is 0. The molecule has 4 aliphatic heterocycles. The van der Waals surface area contributed by atoms with Crippen LogP contribution < -0.4 is 16.2 Å². The zero-order valence-corrected chi connectivity index (χ0v) is 38.7. The fraction of sp³-hybridized carbons (Fsp3) is 0.538. The van der Waals surface area contributed by atoms with Crippen LogP contribution in [-0.2, 0) is 16.0 Å². The van der Waals surface area contributed by atoms with Crippen molar-refractivity contribution in [3.8, 4) is 0 Å². The smallest absolute Gasteiger partial charge is 0.272 e. The molecule has 15 heteroatoms. The second kappa shape index (κ2) is 21.6. The number of H-pyrrole nitrogens is 1.